The number of hydrogen-bond acceptors (Lipinski definition) is 10. The number of carboxylic acids is 4. The van der Waals surface area contributed by atoms with Crippen LogP contribution in [-0.2, 0) is 45.5 Å². The summed E-state index contributed by atoms with van der Waals surface area (Å²) in [5, 5.41) is 38.6. The standard InChI is InChI=1S/2C5H6O5.Co.2H2O/c2*6-3(5(9)10)1-2-4(7)8;;;/h2*1-2H2,(H,7,8)(H,9,10);;2*1H2/q;;+2;;/p-2. The number of ketones is 2. The monoisotopic (exact) mass is 385 g/mol. The van der Waals surface area contributed by atoms with Gasteiger partial charge >= 0.3 is 19.6 Å². The first kappa shape index (κ1) is 32.6. The molecule has 0 bridgehead atoms. The summed E-state index contributed by atoms with van der Waals surface area (Å²) in [6.07, 6.45) is -2.28. The van der Waals surface area contributed by atoms with Crippen LogP contribution in [0.5, 0.6) is 0 Å². The summed E-state index contributed by atoms with van der Waals surface area (Å²) in [5.74, 6) is -9.06. The van der Waals surface area contributed by atoms with Crippen molar-refractivity contribution in [1.82, 2.24) is 0 Å². The third-order valence-electron chi connectivity index (χ3n) is 1.57. The molecule has 0 atom stereocenters. The zero-order valence-electron chi connectivity index (χ0n) is 13.2. The summed E-state index contributed by atoms with van der Waals surface area (Å²) < 4.78 is 0. The van der Waals surface area contributed by atoms with Crippen molar-refractivity contribution in [3.63, 3.8) is 0 Å². The van der Waals surface area contributed by atoms with Gasteiger partial charge in [0.05, 0.1) is 0 Å². The van der Waals surface area contributed by atoms with Gasteiger partial charge in [-0.05, 0) is 12.8 Å². The number of carboxylic acid groups (broad SMARTS) is 4. The molecule has 0 aliphatic heterocycles. The fraction of sp³-hybridized carbons (Fsp3) is 0.400. The molecule has 0 fully saturated rings. The van der Waals surface area contributed by atoms with Crippen LogP contribution in [0.25, 0.3) is 0 Å². The zero-order valence-corrected chi connectivity index (χ0v) is 12.3. The minimum absolute atomic E-state index is 0. The Morgan fingerprint density at radius 3 is 0.913 bits per heavy atom. The number of rotatable bonds is 8. The summed E-state index contributed by atoms with van der Waals surface area (Å²) in [5.41, 5.74) is 0. The van der Waals surface area contributed by atoms with Gasteiger partial charge in [-0.2, -0.15) is 0 Å². The van der Waals surface area contributed by atoms with E-state index >= 15 is 0 Å². The van der Waals surface area contributed by atoms with Crippen molar-refractivity contribution in [2.75, 3.05) is 0 Å². The van der Waals surface area contributed by atoms with E-state index in [0.29, 0.717) is 0 Å². The molecule has 0 saturated heterocycles. The average Bonchev–Trinajstić information content (AvgIpc) is 2.33. The van der Waals surface area contributed by atoms with Gasteiger partial charge in [0.2, 0.25) is 0 Å². The first-order valence-electron chi connectivity index (χ1n) is 4.96. The van der Waals surface area contributed by atoms with Gasteiger partial charge < -0.3 is 50.6 Å². The molecule has 4 N–H and O–H groups in total. The second kappa shape index (κ2) is 17.7. The first-order chi connectivity index (χ1) is 9.07. The van der Waals surface area contributed by atoms with Crippen LogP contribution in [0.15, 0.2) is 0 Å². The van der Waals surface area contributed by atoms with Crippen molar-refractivity contribution < 1.29 is 79.8 Å². The van der Waals surface area contributed by atoms with Crippen molar-refractivity contribution in [1.29, 1.82) is 0 Å². The van der Waals surface area contributed by atoms with Crippen molar-refractivity contribution in [2.24, 2.45) is 0 Å². The Labute approximate surface area is 141 Å². The second-order valence-electron chi connectivity index (χ2n) is 3.17. The van der Waals surface area contributed by atoms with Gasteiger partial charge in [0, 0.05) is 24.8 Å². The van der Waals surface area contributed by atoms with Gasteiger partial charge in [0.1, 0.15) is 11.9 Å². The molecule has 13 heteroatoms. The maximum atomic E-state index is 10.1. The maximum Gasteiger partial charge on any atom is 2.00 e. The fourth-order valence-electron chi connectivity index (χ4n) is 0.635. The van der Waals surface area contributed by atoms with Gasteiger partial charge in [-0.1, -0.05) is 0 Å². The van der Waals surface area contributed by atoms with Crippen molar-refractivity contribution in [2.45, 2.75) is 25.7 Å². The zero-order chi connectivity index (χ0) is 16.3. The molecule has 0 rings (SSSR count). The predicted octanol–water partition coefficient (Wildman–Crippen LogP) is -7.76. The van der Waals surface area contributed by atoms with Gasteiger partial charge in [-0.25, -0.2) is 0 Å². The van der Waals surface area contributed by atoms with Crippen LogP contribution >= 0.6 is 0 Å². The van der Waals surface area contributed by atoms with Crippen LogP contribution in [0.3, 0.4) is 0 Å². The Hall–Kier alpha value is -2.35. The van der Waals surface area contributed by atoms with Gasteiger partial charge in [0.25, 0.3) is 0 Å². The molecular weight excluding hydrogens is 371 g/mol. The number of Topliss-reactive ketones (excluding diaryl/α,β-unsaturated/α-hetero) is 2. The van der Waals surface area contributed by atoms with Crippen LogP contribution in [0.1, 0.15) is 28.5 Å². The first-order valence-corrected chi connectivity index (χ1v) is 4.96. The summed E-state index contributed by atoms with van der Waals surface area (Å²) in [6.45, 7) is 0. The quantitative estimate of drug-likeness (QED) is 0.356. The molecule has 0 amide bonds. The van der Waals surface area contributed by atoms with Crippen molar-refractivity contribution in [3.05, 3.63) is 0 Å². The predicted molar refractivity (Wildman–Crippen MR) is 58.0 cm³/mol. The molecule has 0 unspecified atom stereocenters. The smallest absolute Gasteiger partial charge is 0.550 e. The van der Waals surface area contributed by atoms with Gasteiger partial charge in [-0.15, -0.1) is 0 Å². The molecule has 0 saturated carbocycles. The normalized spacial score (nSPS) is 7.65. The molecule has 0 heterocycles. The number of aliphatic carboxylic acids is 4. The summed E-state index contributed by atoms with van der Waals surface area (Å²) in [4.78, 5) is 58.8. The summed E-state index contributed by atoms with van der Waals surface area (Å²) in [6, 6.07) is 0. The van der Waals surface area contributed by atoms with E-state index < -0.39 is 61.1 Å². The number of hydrogen-bond donors (Lipinski definition) is 0. The van der Waals surface area contributed by atoms with E-state index in [9.17, 15) is 49.2 Å². The summed E-state index contributed by atoms with van der Waals surface area (Å²) in [7, 11) is 0. The second-order valence-corrected chi connectivity index (χ2v) is 3.17. The topological polar surface area (TPSA) is 258 Å². The van der Waals surface area contributed by atoms with E-state index in [4.69, 9.17) is 0 Å². The van der Waals surface area contributed by atoms with E-state index in [2.05, 4.69) is 0 Å². The van der Waals surface area contributed by atoms with E-state index in [1.165, 1.54) is 0 Å². The van der Waals surface area contributed by atoms with E-state index in [0.717, 1.165) is 0 Å². The molecule has 0 aromatic carbocycles. The van der Waals surface area contributed by atoms with Gasteiger partial charge in [0.15, 0.2) is 11.6 Å². The molecule has 0 aromatic rings. The average molecular weight is 385 g/mol. The van der Waals surface area contributed by atoms with Crippen LogP contribution in [-0.4, -0.2) is 46.4 Å². The molecule has 0 spiro atoms. The van der Waals surface area contributed by atoms with E-state index in [1.54, 1.807) is 0 Å². The summed E-state index contributed by atoms with van der Waals surface area (Å²) >= 11 is 0. The van der Waals surface area contributed by atoms with Crippen LogP contribution in [0, 0.1) is 0 Å². The van der Waals surface area contributed by atoms with Crippen LogP contribution < -0.4 is 20.4 Å². The Kier molecular flexibility index (Phi) is 25.0. The van der Waals surface area contributed by atoms with E-state index in [-0.39, 0.29) is 30.6 Å². The largest absolute Gasteiger partial charge is 2.00 e. The maximum absolute atomic E-state index is 10.1. The number of carbonyl (C=O) groups is 6. The molecule has 23 heavy (non-hydrogen) atoms. The Morgan fingerprint density at radius 2 is 0.783 bits per heavy atom. The number of carbonyl (C=O) groups excluding carboxylic acids is 6. The van der Waals surface area contributed by atoms with Crippen LogP contribution in [0.4, 0.5) is 0 Å². The molecular formula is C10H14CoO12. The van der Waals surface area contributed by atoms with Crippen LogP contribution in [0.2, 0.25) is 0 Å². The third kappa shape index (κ3) is 25.0. The molecule has 135 valence electrons. The van der Waals surface area contributed by atoms with E-state index in [1.807, 2.05) is 0 Å². The molecule has 0 aliphatic rings. The molecule has 0 aromatic heterocycles. The Balaban J connectivity index is -0.0000000432. The SMILES string of the molecule is O.O.O=C([O-])CCC(=O)C(=O)[O-].O=C([O-])CCC(=O)C(=O)[O-].[Co+2].[H+].[H+]. The minimum Gasteiger partial charge on any atom is -0.550 e. The van der Waals surface area contributed by atoms with Crippen molar-refractivity contribution >= 4 is 35.4 Å². The third-order valence-corrected chi connectivity index (χ3v) is 1.57. The molecule has 1 radical (unpaired) electrons. The Bertz CT molecular complexity index is 400. The Morgan fingerprint density at radius 1 is 0.565 bits per heavy atom. The van der Waals surface area contributed by atoms with Gasteiger partial charge in [-0.3, -0.25) is 9.59 Å². The fourth-order valence-corrected chi connectivity index (χ4v) is 0.635. The molecule has 12 nitrogen and oxygen atoms in total. The molecule has 0 aliphatic carbocycles. The minimum atomic E-state index is -1.86. The van der Waals surface area contributed by atoms with Crippen molar-refractivity contribution in [3.8, 4) is 0 Å².